The Bertz CT molecular complexity index is 304. The van der Waals surface area contributed by atoms with E-state index in [0.29, 0.717) is 0 Å². The molecule has 90 valence electrons. The van der Waals surface area contributed by atoms with Crippen molar-refractivity contribution in [2.75, 3.05) is 6.61 Å². The fourth-order valence-electron chi connectivity index (χ4n) is 2.27. The summed E-state index contributed by atoms with van der Waals surface area (Å²) < 4.78 is 11.7. The molecular formula is C13H20O3. The highest BCUT2D eigenvalue weighted by Crippen LogP contribution is 2.36. The number of fused-ring (bicyclic) bond motifs is 1. The van der Waals surface area contributed by atoms with Gasteiger partial charge in [-0.25, -0.2) is 0 Å². The topological polar surface area (TPSA) is 38.7 Å². The largest absolute Gasteiger partial charge is 0.396 e. The lowest BCUT2D eigenvalue weighted by molar-refractivity contribution is -0.139. The van der Waals surface area contributed by atoms with Gasteiger partial charge in [-0.3, -0.25) is 0 Å². The van der Waals surface area contributed by atoms with Gasteiger partial charge < -0.3 is 14.6 Å². The SMILES string of the molecule is CC1(C)O[C@H]2C=CC=C(CCCCO)[C@H]2O1. The third kappa shape index (κ3) is 2.54. The molecule has 2 aliphatic rings. The average Bonchev–Trinajstić information content (AvgIpc) is 2.53. The summed E-state index contributed by atoms with van der Waals surface area (Å²) in [4.78, 5) is 0. The normalized spacial score (nSPS) is 31.3. The van der Waals surface area contributed by atoms with E-state index in [4.69, 9.17) is 14.6 Å². The van der Waals surface area contributed by atoms with Crippen molar-refractivity contribution in [1.29, 1.82) is 0 Å². The zero-order valence-corrected chi connectivity index (χ0v) is 9.98. The van der Waals surface area contributed by atoms with E-state index in [9.17, 15) is 0 Å². The molecule has 0 bridgehead atoms. The van der Waals surface area contributed by atoms with Gasteiger partial charge in [0.1, 0.15) is 12.2 Å². The maximum absolute atomic E-state index is 8.78. The molecule has 1 fully saturated rings. The Morgan fingerprint density at radius 1 is 1.31 bits per heavy atom. The third-order valence-corrected chi connectivity index (χ3v) is 2.98. The van der Waals surface area contributed by atoms with E-state index in [0.717, 1.165) is 19.3 Å². The van der Waals surface area contributed by atoms with Crippen LogP contribution in [0.1, 0.15) is 33.1 Å². The average molecular weight is 224 g/mol. The molecule has 3 nitrogen and oxygen atoms in total. The van der Waals surface area contributed by atoms with Crippen molar-refractivity contribution in [1.82, 2.24) is 0 Å². The first-order valence-electron chi connectivity index (χ1n) is 5.96. The summed E-state index contributed by atoms with van der Waals surface area (Å²) in [5.74, 6) is -0.486. The highest BCUT2D eigenvalue weighted by atomic mass is 16.7. The van der Waals surface area contributed by atoms with Gasteiger partial charge in [-0.1, -0.05) is 18.2 Å². The number of allylic oxidation sites excluding steroid dienone is 2. The molecule has 1 saturated heterocycles. The van der Waals surface area contributed by atoms with Gasteiger partial charge in [0.25, 0.3) is 0 Å². The first-order valence-corrected chi connectivity index (χ1v) is 5.96. The van der Waals surface area contributed by atoms with Crippen LogP contribution in [0.15, 0.2) is 23.8 Å². The molecule has 0 saturated carbocycles. The molecule has 16 heavy (non-hydrogen) atoms. The highest BCUT2D eigenvalue weighted by Gasteiger charge is 2.42. The number of ether oxygens (including phenoxy) is 2. The molecule has 0 unspecified atom stereocenters. The van der Waals surface area contributed by atoms with Crippen LogP contribution in [0.3, 0.4) is 0 Å². The number of unbranched alkanes of at least 4 members (excludes halogenated alkanes) is 1. The van der Waals surface area contributed by atoms with E-state index in [2.05, 4.69) is 12.2 Å². The molecule has 2 rings (SSSR count). The molecule has 1 aliphatic heterocycles. The van der Waals surface area contributed by atoms with Crippen molar-refractivity contribution >= 4 is 0 Å². The predicted octanol–water partition coefficient (Wildman–Crippen LogP) is 2.17. The minimum Gasteiger partial charge on any atom is -0.396 e. The molecular weight excluding hydrogens is 204 g/mol. The van der Waals surface area contributed by atoms with E-state index >= 15 is 0 Å². The number of hydrogen-bond acceptors (Lipinski definition) is 3. The summed E-state index contributed by atoms with van der Waals surface area (Å²) in [6, 6.07) is 0. The van der Waals surface area contributed by atoms with Gasteiger partial charge in [-0.05, 0) is 38.7 Å². The van der Waals surface area contributed by atoms with Crippen LogP contribution in [0.5, 0.6) is 0 Å². The van der Waals surface area contributed by atoms with Crippen LogP contribution >= 0.6 is 0 Å². The number of hydrogen-bond donors (Lipinski definition) is 1. The second kappa shape index (κ2) is 4.70. The minimum atomic E-state index is -0.486. The van der Waals surface area contributed by atoms with Crippen molar-refractivity contribution in [2.45, 2.75) is 51.1 Å². The van der Waals surface area contributed by atoms with Gasteiger partial charge in [0.15, 0.2) is 5.79 Å². The Hall–Kier alpha value is -0.640. The Labute approximate surface area is 96.7 Å². The van der Waals surface area contributed by atoms with Crippen molar-refractivity contribution in [2.24, 2.45) is 0 Å². The quantitative estimate of drug-likeness (QED) is 0.744. The summed E-state index contributed by atoms with van der Waals surface area (Å²) >= 11 is 0. The summed E-state index contributed by atoms with van der Waals surface area (Å²) in [6.45, 7) is 4.16. The Balaban J connectivity index is 1.98. The Morgan fingerprint density at radius 3 is 2.88 bits per heavy atom. The second-order valence-electron chi connectivity index (χ2n) is 4.83. The Kier molecular flexibility index (Phi) is 3.47. The molecule has 0 amide bonds. The lowest BCUT2D eigenvalue weighted by Crippen LogP contribution is -2.25. The summed E-state index contributed by atoms with van der Waals surface area (Å²) in [5.41, 5.74) is 1.28. The van der Waals surface area contributed by atoms with Crippen molar-refractivity contribution < 1.29 is 14.6 Å². The summed E-state index contributed by atoms with van der Waals surface area (Å²) in [7, 11) is 0. The molecule has 0 radical (unpaired) electrons. The molecule has 1 N–H and O–H groups in total. The van der Waals surface area contributed by atoms with Crippen LogP contribution < -0.4 is 0 Å². The summed E-state index contributed by atoms with van der Waals surface area (Å²) in [6.07, 6.45) is 9.17. The fraction of sp³-hybridized carbons (Fsp3) is 0.692. The van der Waals surface area contributed by atoms with Crippen LogP contribution in [0.2, 0.25) is 0 Å². The lowest BCUT2D eigenvalue weighted by atomic mass is 9.95. The van der Waals surface area contributed by atoms with Gasteiger partial charge >= 0.3 is 0 Å². The van der Waals surface area contributed by atoms with E-state index in [1.54, 1.807) is 0 Å². The van der Waals surface area contributed by atoms with Crippen LogP contribution in [-0.4, -0.2) is 29.7 Å². The maximum atomic E-state index is 8.78. The first-order chi connectivity index (χ1) is 7.62. The van der Waals surface area contributed by atoms with Gasteiger partial charge in [-0.15, -0.1) is 0 Å². The van der Waals surface area contributed by atoms with Gasteiger partial charge in [0, 0.05) is 6.61 Å². The van der Waals surface area contributed by atoms with Crippen molar-refractivity contribution in [3.05, 3.63) is 23.8 Å². The molecule has 0 spiro atoms. The van der Waals surface area contributed by atoms with Crippen molar-refractivity contribution in [3.63, 3.8) is 0 Å². The van der Waals surface area contributed by atoms with Crippen LogP contribution in [0.4, 0.5) is 0 Å². The van der Waals surface area contributed by atoms with E-state index in [-0.39, 0.29) is 18.8 Å². The smallest absolute Gasteiger partial charge is 0.164 e. The number of aliphatic hydroxyl groups excluding tert-OH is 1. The minimum absolute atomic E-state index is 0.0594. The lowest BCUT2D eigenvalue weighted by Gasteiger charge is -2.20. The number of aliphatic hydroxyl groups is 1. The molecule has 3 heteroatoms. The molecule has 0 aromatic rings. The number of rotatable bonds is 4. The van der Waals surface area contributed by atoms with Crippen LogP contribution in [0, 0.1) is 0 Å². The summed E-state index contributed by atoms with van der Waals surface area (Å²) in [5, 5.41) is 8.78. The van der Waals surface area contributed by atoms with Gasteiger partial charge in [0.05, 0.1) is 0 Å². The fourth-order valence-corrected chi connectivity index (χ4v) is 2.27. The standard InChI is InChI=1S/C13H20O3/c1-13(2)15-11-8-5-7-10(12(11)16-13)6-3-4-9-14/h5,7-8,11-12,14H,3-4,6,9H2,1-2H3/t11-,12+/m0/s1. The van der Waals surface area contributed by atoms with Crippen molar-refractivity contribution in [3.8, 4) is 0 Å². The molecule has 0 aromatic carbocycles. The highest BCUT2D eigenvalue weighted by molar-refractivity contribution is 5.27. The Morgan fingerprint density at radius 2 is 2.12 bits per heavy atom. The third-order valence-electron chi connectivity index (χ3n) is 2.98. The molecule has 0 aromatic heterocycles. The predicted molar refractivity (Wildman–Crippen MR) is 62.0 cm³/mol. The van der Waals surface area contributed by atoms with E-state index in [1.807, 2.05) is 19.9 Å². The van der Waals surface area contributed by atoms with Gasteiger partial charge in [-0.2, -0.15) is 0 Å². The van der Waals surface area contributed by atoms with Crippen LogP contribution in [0.25, 0.3) is 0 Å². The maximum Gasteiger partial charge on any atom is 0.164 e. The second-order valence-corrected chi connectivity index (χ2v) is 4.83. The first kappa shape index (κ1) is 11.8. The molecule has 1 aliphatic carbocycles. The molecule has 1 heterocycles. The van der Waals surface area contributed by atoms with E-state index in [1.165, 1.54) is 5.57 Å². The zero-order chi connectivity index (χ0) is 11.6. The van der Waals surface area contributed by atoms with Crippen LogP contribution in [-0.2, 0) is 9.47 Å². The van der Waals surface area contributed by atoms with Gasteiger partial charge in [0.2, 0.25) is 0 Å². The van der Waals surface area contributed by atoms with E-state index < -0.39 is 5.79 Å². The zero-order valence-electron chi connectivity index (χ0n) is 9.98. The molecule has 2 atom stereocenters. The monoisotopic (exact) mass is 224 g/mol.